The van der Waals surface area contributed by atoms with Gasteiger partial charge in [-0.05, 0) is 36.4 Å². The molecule has 7 nitrogen and oxygen atoms in total. The van der Waals surface area contributed by atoms with Gasteiger partial charge in [-0.2, -0.15) is 0 Å². The van der Waals surface area contributed by atoms with E-state index >= 15 is 0 Å². The second kappa shape index (κ2) is 7.36. The number of carbonyl (C=O) groups excluding carboxylic acids is 2. The number of H-pyrrole nitrogens is 1. The third kappa shape index (κ3) is 3.37. The summed E-state index contributed by atoms with van der Waals surface area (Å²) in [7, 11) is 0. The highest BCUT2D eigenvalue weighted by Crippen LogP contribution is 2.31. The van der Waals surface area contributed by atoms with Gasteiger partial charge in [-0.15, -0.1) is 0 Å². The summed E-state index contributed by atoms with van der Waals surface area (Å²) in [6, 6.07) is 22.4. The van der Waals surface area contributed by atoms with E-state index in [9.17, 15) is 9.59 Å². The Labute approximate surface area is 172 Å². The van der Waals surface area contributed by atoms with Crippen LogP contribution in [0.2, 0.25) is 0 Å². The number of benzene rings is 3. The molecule has 0 atom stereocenters. The molecule has 1 aliphatic rings. The van der Waals surface area contributed by atoms with Crippen molar-refractivity contribution in [2.45, 2.75) is 0 Å². The predicted octanol–water partition coefficient (Wildman–Crippen LogP) is 3.59. The Hall–Kier alpha value is -4.13. The number of carbonyl (C=O) groups is 2. The van der Waals surface area contributed by atoms with Gasteiger partial charge in [0.15, 0.2) is 6.61 Å². The number of hydrogen-bond donors (Lipinski definition) is 2. The van der Waals surface area contributed by atoms with Crippen LogP contribution >= 0.6 is 0 Å². The lowest BCUT2D eigenvalue weighted by molar-refractivity contribution is -0.123. The van der Waals surface area contributed by atoms with Crippen LogP contribution in [-0.2, 0) is 9.59 Å². The van der Waals surface area contributed by atoms with E-state index in [4.69, 9.17) is 4.74 Å². The molecule has 1 aromatic heterocycles. The van der Waals surface area contributed by atoms with Gasteiger partial charge < -0.3 is 15.0 Å². The van der Waals surface area contributed by atoms with Gasteiger partial charge in [0.05, 0.1) is 16.7 Å². The van der Waals surface area contributed by atoms with E-state index in [0.717, 1.165) is 22.4 Å². The number of aromatic amines is 1. The molecule has 1 aliphatic heterocycles. The van der Waals surface area contributed by atoms with Crippen molar-refractivity contribution in [2.24, 2.45) is 0 Å². The first-order chi connectivity index (χ1) is 14.7. The SMILES string of the molecule is O=C(CN1C(=O)COc2ccccc21)Nc1cccc(-c2nc3ccccc3[nH]2)c1. The van der Waals surface area contributed by atoms with Gasteiger partial charge in [0.1, 0.15) is 18.1 Å². The van der Waals surface area contributed by atoms with Gasteiger partial charge in [0.2, 0.25) is 5.91 Å². The molecule has 30 heavy (non-hydrogen) atoms. The third-order valence-electron chi connectivity index (χ3n) is 4.92. The van der Waals surface area contributed by atoms with E-state index in [0.29, 0.717) is 17.1 Å². The molecule has 0 radical (unpaired) electrons. The minimum absolute atomic E-state index is 0.0775. The molecule has 0 fully saturated rings. The van der Waals surface area contributed by atoms with Crippen LogP contribution in [0.3, 0.4) is 0 Å². The number of amides is 2. The first-order valence-corrected chi connectivity index (χ1v) is 9.54. The van der Waals surface area contributed by atoms with Crippen molar-refractivity contribution in [3.05, 3.63) is 72.8 Å². The molecule has 0 spiro atoms. The fourth-order valence-corrected chi connectivity index (χ4v) is 3.51. The minimum atomic E-state index is -0.290. The summed E-state index contributed by atoms with van der Waals surface area (Å²) in [4.78, 5) is 34.3. The maximum Gasteiger partial charge on any atom is 0.265 e. The molecule has 0 bridgehead atoms. The normalized spacial score (nSPS) is 13.1. The molecule has 0 aliphatic carbocycles. The lowest BCUT2D eigenvalue weighted by atomic mass is 10.2. The van der Waals surface area contributed by atoms with Crippen LogP contribution in [0.1, 0.15) is 0 Å². The van der Waals surface area contributed by atoms with Gasteiger partial charge in [0, 0.05) is 11.3 Å². The third-order valence-corrected chi connectivity index (χ3v) is 4.92. The lowest BCUT2D eigenvalue weighted by Crippen LogP contribution is -2.43. The number of ether oxygens (including phenoxy) is 1. The van der Waals surface area contributed by atoms with Crippen LogP contribution < -0.4 is 15.0 Å². The molecular weight excluding hydrogens is 380 g/mol. The smallest absolute Gasteiger partial charge is 0.265 e. The molecular formula is C23H18N4O3. The second-order valence-electron chi connectivity index (χ2n) is 6.97. The Balaban J connectivity index is 1.34. The molecule has 4 aromatic rings. The van der Waals surface area contributed by atoms with Crippen LogP contribution in [0, 0.1) is 0 Å². The number of nitrogens with zero attached hydrogens (tertiary/aromatic N) is 2. The molecule has 0 unspecified atom stereocenters. The number of rotatable bonds is 4. The zero-order valence-corrected chi connectivity index (χ0v) is 16.0. The largest absolute Gasteiger partial charge is 0.482 e. The molecule has 0 saturated carbocycles. The zero-order valence-electron chi connectivity index (χ0n) is 16.0. The number of nitrogens with one attached hydrogen (secondary N) is 2. The van der Waals surface area contributed by atoms with Gasteiger partial charge in [0.25, 0.3) is 5.91 Å². The first-order valence-electron chi connectivity index (χ1n) is 9.54. The number of imidazole rings is 1. The summed E-state index contributed by atoms with van der Waals surface area (Å²) in [5.41, 5.74) is 3.92. The Kier molecular flexibility index (Phi) is 4.40. The van der Waals surface area contributed by atoms with Crippen LogP contribution in [0.4, 0.5) is 11.4 Å². The van der Waals surface area contributed by atoms with Gasteiger partial charge in [-0.3, -0.25) is 14.5 Å². The molecule has 5 rings (SSSR count). The van der Waals surface area contributed by atoms with E-state index in [-0.39, 0.29) is 25.0 Å². The first kappa shape index (κ1) is 17.9. The minimum Gasteiger partial charge on any atom is -0.482 e. The zero-order chi connectivity index (χ0) is 20.5. The monoisotopic (exact) mass is 398 g/mol. The molecule has 3 aromatic carbocycles. The van der Waals surface area contributed by atoms with Gasteiger partial charge in [-0.1, -0.05) is 36.4 Å². The summed E-state index contributed by atoms with van der Waals surface area (Å²) >= 11 is 0. The molecule has 2 heterocycles. The Morgan fingerprint density at radius 3 is 2.80 bits per heavy atom. The summed E-state index contributed by atoms with van der Waals surface area (Å²) in [6.45, 7) is -0.167. The van der Waals surface area contributed by atoms with Crippen molar-refractivity contribution in [3.8, 4) is 17.1 Å². The highest BCUT2D eigenvalue weighted by molar-refractivity contribution is 6.05. The number of aromatic nitrogens is 2. The Morgan fingerprint density at radius 2 is 1.90 bits per heavy atom. The van der Waals surface area contributed by atoms with Crippen molar-refractivity contribution in [1.29, 1.82) is 0 Å². The van der Waals surface area contributed by atoms with E-state index in [1.54, 1.807) is 18.2 Å². The second-order valence-corrected chi connectivity index (χ2v) is 6.97. The maximum absolute atomic E-state index is 12.7. The molecule has 2 amide bonds. The van der Waals surface area contributed by atoms with Crippen LogP contribution in [0.25, 0.3) is 22.4 Å². The van der Waals surface area contributed by atoms with Gasteiger partial charge in [-0.25, -0.2) is 4.98 Å². The van der Waals surface area contributed by atoms with E-state index in [1.165, 1.54) is 4.90 Å². The summed E-state index contributed by atoms with van der Waals surface area (Å²) in [5, 5.41) is 2.87. The number of hydrogen-bond acceptors (Lipinski definition) is 4. The fourth-order valence-electron chi connectivity index (χ4n) is 3.51. The maximum atomic E-state index is 12.7. The average molecular weight is 398 g/mol. The summed E-state index contributed by atoms with van der Waals surface area (Å²) in [5.74, 6) is 0.781. The van der Waals surface area contributed by atoms with Crippen molar-refractivity contribution < 1.29 is 14.3 Å². The van der Waals surface area contributed by atoms with Gasteiger partial charge >= 0.3 is 0 Å². The Morgan fingerprint density at radius 1 is 1.07 bits per heavy atom. The topological polar surface area (TPSA) is 87.3 Å². The molecule has 148 valence electrons. The fraction of sp³-hybridized carbons (Fsp3) is 0.0870. The van der Waals surface area contributed by atoms with Crippen molar-refractivity contribution in [1.82, 2.24) is 9.97 Å². The molecule has 2 N–H and O–H groups in total. The molecule has 7 heteroatoms. The molecule has 0 saturated heterocycles. The Bertz CT molecular complexity index is 1230. The van der Waals surface area contributed by atoms with E-state index in [1.807, 2.05) is 54.6 Å². The standard InChI is InChI=1S/C23H18N4O3/c28-21(13-27-19-10-3-4-11-20(19)30-14-22(27)29)24-16-7-5-6-15(12-16)23-25-17-8-1-2-9-18(17)26-23/h1-12H,13-14H2,(H,24,28)(H,25,26). The quantitative estimate of drug-likeness (QED) is 0.550. The van der Waals surface area contributed by atoms with E-state index < -0.39 is 0 Å². The number of para-hydroxylation sites is 4. The van der Waals surface area contributed by atoms with Crippen molar-refractivity contribution in [3.63, 3.8) is 0 Å². The number of anilines is 2. The highest BCUT2D eigenvalue weighted by Gasteiger charge is 2.27. The van der Waals surface area contributed by atoms with Crippen LogP contribution in [-0.4, -0.2) is 34.9 Å². The predicted molar refractivity (Wildman–Crippen MR) is 114 cm³/mol. The van der Waals surface area contributed by atoms with Crippen molar-refractivity contribution in [2.75, 3.05) is 23.4 Å². The lowest BCUT2D eigenvalue weighted by Gasteiger charge is -2.28. The number of fused-ring (bicyclic) bond motifs is 2. The van der Waals surface area contributed by atoms with Crippen LogP contribution in [0.5, 0.6) is 5.75 Å². The van der Waals surface area contributed by atoms with Crippen LogP contribution in [0.15, 0.2) is 72.8 Å². The highest BCUT2D eigenvalue weighted by atomic mass is 16.5. The average Bonchev–Trinajstić information content (AvgIpc) is 3.20. The van der Waals surface area contributed by atoms with Crippen molar-refractivity contribution >= 4 is 34.2 Å². The van der Waals surface area contributed by atoms with E-state index in [2.05, 4.69) is 15.3 Å². The summed E-state index contributed by atoms with van der Waals surface area (Å²) < 4.78 is 5.42. The summed E-state index contributed by atoms with van der Waals surface area (Å²) in [6.07, 6.45) is 0.